The van der Waals surface area contributed by atoms with Gasteiger partial charge in [-0.3, -0.25) is 4.79 Å². The summed E-state index contributed by atoms with van der Waals surface area (Å²) in [4.78, 5) is 12.6. The van der Waals surface area contributed by atoms with E-state index in [-0.39, 0.29) is 11.7 Å². The fourth-order valence-electron chi connectivity index (χ4n) is 3.62. The van der Waals surface area contributed by atoms with Crippen molar-refractivity contribution < 1.29 is 9.90 Å². The highest BCUT2D eigenvalue weighted by Gasteiger charge is 2.43. The molecule has 1 fully saturated rings. The minimum absolute atomic E-state index is 0.108. The molecule has 2 rings (SSSR count). The molecule has 23 heavy (non-hydrogen) atoms. The summed E-state index contributed by atoms with van der Waals surface area (Å²) < 4.78 is 0. The number of ketones is 1. The maximum absolute atomic E-state index is 12.6. The van der Waals surface area contributed by atoms with E-state index >= 15 is 0 Å². The molecule has 0 saturated heterocycles. The maximum atomic E-state index is 12.6. The summed E-state index contributed by atoms with van der Waals surface area (Å²) in [7, 11) is 0. The lowest BCUT2D eigenvalue weighted by Gasteiger charge is -2.23. The fourth-order valence-corrected chi connectivity index (χ4v) is 3.62. The molecule has 1 aliphatic carbocycles. The van der Waals surface area contributed by atoms with Crippen LogP contribution in [-0.4, -0.2) is 17.0 Å². The molecule has 0 bridgehead atoms. The van der Waals surface area contributed by atoms with Gasteiger partial charge in [-0.1, -0.05) is 19.8 Å². The Morgan fingerprint density at radius 1 is 1.26 bits per heavy atom. The van der Waals surface area contributed by atoms with Crippen molar-refractivity contribution in [1.29, 1.82) is 0 Å². The number of carbonyl (C=O) groups excluding carboxylic acids is 1. The van der Waals surface area contributed by atoms with Crippen LogP contribution in [0.2, 0.25) is 0 Å². The van der Waals surface area contributed by atoms with Crippen LogP contribution in [0.15, 0.2) is 12.1 Å². The molecule has 0 aliphatic heterocycles. The molecule has 1 saturated carbocycles. The van der Waals surface area contributed by atoms with Crippen LogP contribution in [0.1, 0.15) is 61.8 Å². The molecule has 1 aromatic carbocycles. The van der Waals surface area contributed by atoms with Gasteiger partial charge >= 0.3 is 0 Å². The van der Waals surface area contributed by atoms with E-state index in [2.05, 4.69) is 43.7 Å². The van der Waals surface area contributed by atoms with E-state index in [4.69, 9.17) is 6.42 Å². The van der Waals surface area contributed by atoms with Crippen LogP contribution in [-0.2, 0) is 17.6 Å². The molecular weight excluding hydrogens is 284 g/mol. The lowest BCUT2D eigenvalue weighted by Crippen LogP contribution is -2.24. The van der Waals surface area contributed by atoms with Gasteiger partial charge in [-0.15, -0.1) is 18.3 Å². The normalized spacial score (nSPS) is 23.3. The number of aliphatic hydroxyl groups is 1. The first-order valence-corrected chi connectivity index (χ1v) is 8.29. The molecular formula is C21H24O2. The van der Waals surface area contributed by atoms with Crippen molar-refractivity contribution in [2.75, 3.05) is 0 Å². The van der Waals surface area contributed by atoms with E-state index in [0.717, 1.165) is 35.1 Å². The third-order valence-corrected chi connectivity index (χ3v) is 4.71. The van der Waals surface area contributed by atoms with Crippen molar-refractivity contribution in [1.82, 2.24) is 0 Å². The summed E-state index contributed by atoms with van der Waals surface area (Å²) in [5.74, 6) is 8.16. The minimum atomic E-state index is -0.683. The molecule has 0 spiro atoms. The van der Waals surface area contributed by atoms with Gasteiger partial charge in [-0.05, 0) is 48.6 Å². The first-order chi connectivity index (χ1) is 11.1. The predicted molar refractivity (Wildman–Crippen MR) is 93.1 cm³/mol. The van der Waals surface area contributed by atoms with Gasteiger partial charge in [0.05, 0.1) is 12.0 Å². The Morgan fingerprint density at radius 3 is 2.35 bits per heavy atom. The summed E-state index contributed by atoms with van der Waals surface area (Å²) in [6.45, 7) is 5.97. The zero-order valence-corrected chi connectivity index (χ0v) is 14.1. The smallest absolute Gasteiger partial charge is 0.143 e. The zero-order valence-electron chi connectivity index (χ0n) is 14.1. The highest BCUT2D eigenvalue weighted by atomic mass is 16.3. The van der Waals surface area contributed by atoms with Gasteiger partial charge < -0.3 is 5.11 Å². The Hall–Kier alpha value is -2.03. The van der Waals surface area contributed by atoms with Crippen LogP contribution in [0.4, 0.5) is 0 Å². The topological polar surface area (TPSA) is 37.3 Å². The molecule has 120 valence electrons. The van der Waals surface area contributed by atoms with Crippen LogP contribution in [0, 0.1) is 30.1 Å². The van der Waals surface area contributed by atoms with E-state index < -0.39 is 12.0 Å². The summed E-state index contributed by atoms with van der Waals surface area (Å²) in [6.07, 6.45) is 7.15. The van der Waals surface area contributed by atoms with E-state index in [9.17, 15) is 9.90 Å². The zero-order chi connectivity index (χ0) is 17.0. The molecule has 0 aromatic heterocycles. The second kappa shape index (κ2) is 7.49. The van der Waals surface area contributed by atoms with Gasteiger partial charge in [0.15, 0.2) is 0 Å². The number of rotatable bonds is 4. The molecule has 1 aromatic rings. The summed E-state index contributed by atoms with van der Waals surface area (Å²) in [5.41, 5.74) is 4.21. The summed E-state index contributed by atoms with van der Waals surface area (Å²) in [6, 6.07) is 4.11. The van der Waals surface area contributed by atoms with E-state index in [1.165, 1.54) is 0 Å². The minimum Gasteiger partial charge on any atom is -0.392 e. The standard InChI is InChI=1S/C21H24O2/c1-5-9-14-11-15(7-3)19(16(8-4)12-14)20-18(22)13-17(10-6-2)21(20)23/h2,11-12,17,20-21,23H,7-8,10,13H2,1,3-4H3. The first-order valence-electron chi connectivity index (χ1n) is 8.29. The second-order valence-corrected chi connectivity index (χ2v) is 6.10. The van der Waals surface area contributed by atoms with Gasteiger partial charge in [-0.25, -0.2) is 0 Å². The molecule has 0 radical (unpaired) electrons. The average Bonchev–Trinajstić information content (AvgIpc) is 2.81. The van der Waals surface area contributed by atoms with E-state index in [0.29, 0.717) is 12.8 Å². The first kappa shape index (κ1) is 17.3. The highest BCUT2D eigenvalue weighted by molar-refractivity contribution is 5.90. The quantitative estimate of drug-likeness (QED) is 0.867. The Labute approximate surface area is 139 Å². The van der Waals surface area contributed by atoms with Crippen LogP contribution >= 0.6 is 0 Å². The van der Waals surface area contributed by atoms with Crippen molar-refractivity contribution in [3.63, 3.8) is 0 Å². The molecule has 3 unspecified atom stereocenters. The Morgan fingerprint density at radius 2 is 1.87 bits per heavy atom. The van der Waals surface area contributed by atoms with Crippen LogP contribution in [0.25, 0.3) is 0 Å². The van der Waals surface area contributed by atoms with Crippen molar-refractivity contribution in [3.8, 4) is 24.2 Å². The largest absolute Gasteiger partial charge is 0.392 e. The third-order valence-electron chi connectivity index (χ3n) is 4.71. The van der Waals surface area contributed by atoms with Crippen LogP contribution < -0.4 is 0 Å². The number of hydrogen-bond acceptors (Lipinski definition) is 2. The van der Waals surface area contributed by atoms with Crippen molar-refractivity contribution in [3.05, 3.63) is 34.4 Å². The molecule has 2 nitrogen and oxygen atoms in total. The van der Waals surface area contributed by atoms with Gasteiger partial charge in [-0.2, -0.15) is 0 Å². The number of Topliss-reactive ketones (excluding diaryl/α,β-unsaturated/α-hetero) is 1. The van der Waals surface area contributed by atoms with Crippen LogP contribution in [0.5, 0.6) is 0 Å². The van der Waals surface area contributed by atoms with Crippen LogP contribution in [0.3, 0.4) is 0 Å². The Bertz CT molecular complexity index is 672. The third kappa shape index (κ3) is 3.34. The fraction of sp³-hybridized carbons (Fsp3) is 0.476. The highest BCUT2D eigenvalue weighted by Crippen LogP contribution is 2.40. The average molecular weight is 308 g/mol. The van der Waals surface area contributed by atoms with Gasteiger partial charge in [0.1, 0.15) is 5.78 Å². The molecule has 0 heterocycles. The number of carbonyl (C=O) groups is 1. The number of benzene rings is 1. The van der Waals surface area contributed by atoms with E-state index in [1.54, 1.807) is 0 Å². The Balaban J connectivity index is 2.55. The molecule has 2 heteroatoms. The lowest BCUT2D eigenvalue weighted by atomic mass is 9.83. The number of terminal acetylenes is 1. The molecule has 0 amide bonds. The van der Waals surface area contributed by atoms with Crippen molar-refractivity contribution in [2.45, 2.75) is 58.5 Å². The van der Waals surface area contributed by atoms with Gasteiger partial charge in [0, 0.05) is 24.3 Å². The lowest BCUT2D eigenvalue weighted by molar-refractivity contribution is -0.119. The summed E-state index contributed by atoms with van der Waals surface area (Å²) >= 11 is 0. The number of hydrogen-bond donors (Lipinski definition) is 1. The monoisotopic (exact) mass is 308 g/mol. The molecule has 1 N–H and O–H groups in total. The molecule has 1 aliphatic rings. The number of aryl methyl sites for hydroxylation is 2. The van der Waals surface area contributed by atoms with Crippen molar-refractivity contribution in [2.24, 2.45) is 5.92 Å². The second-order valence-electron chi connectivity index (χ2n) is 6.10. The SMILES string of the molecule is C#CCC1CC(=O)C(c2c(CC)cc(C#CC)cc2CC)C1O. The van der Waals surface area contributed by atoms with E-state index in [1.807, 2.05) is 6.92 Å². The number of aliphatic hydroxyl groups excluding tert-OH is 1. The van der Waals surface area contributed by atoms with Crippen molar-refractivity contribution >= 4 is 5.78 Å². The van der Waals surface area contributed by atoms with Gasteiger partial charge in [0.25, 0.3) is 0 Å². The van der Waals surface area contributed by atoms with Gasteiger partial charge in [0.2, 0.25) is 0 Å². The predicted octanol–water partition coefficient (Wildman–Crippen LogP) is 3.24. The summed E-state index contributed by atoms with van der Waals surface area (Å²) in [5, 5.41) is 10.7. The maximum Gasteiger partial charge on any atom is 0.143 e. The molecule has 3 atom stereocenters. The Kier molecular flexibility index (Phi) is 5.64.